The standard InChI is InChI=1S/C11H17Si.C5H5.2ClH.Hf/c1-2-8-12(9-5-10-12)11-6-3-4-7-11;1-2-4-5-3-1;;;/h3-4H,2,5-6,8-10H2,1H3;1-3H,4H2;2*1H;/q;;;;+2/p-2. The minimum absolute atomic E-state index is 0. The second kappa shape index (κ2) is 8.31. The SMILES string of the molecule is CCC[Si]1(C2=[C]([Hf+2][C]3=CC=CC3)C=CC2)CCC1.[Cl-].[Cl-]. The van der Waals surface area contributed by atoms with Crippen molar-refractivity contribution in [2.45, 2.75) is 50.7 Å². The summed E-state index contributed by atoms with van der Waals surface area (Å²) in [5, 5.41) is 2.02. The Morgan fingerprint density at radius 3 is 2.50 bits per heavy atom. The Hall–Kier alpha value is 0.627. The molecule has 0 nitrogen and oxygen atoms in total. The van der Waals surface area contributed by atoms with Gasteiger partial charge in [0.2, 0.25) is 0 Å². The molecule has 0 bridgehead atoms. The molecule has 20 heavy (non-hydrogen) atoms. The predicted octanol–water partition coefficient (Wildman–Crippen LogP) is -1.06. The fraction of sp³-hybridized carbons (Fsp3) is 0.500. The molecule has 0 aromatic carbocycles. The van der Waals surface area contributed by atoms with E-state index in [2.05, 4.69) is 37.3 Å². The number of allylic oxidation sites excluding steroid dienone is 8. The molecule has 108 valence electrons. The minimum atomic E-state index is -0.927. The summed E-state index contributed by atoms with van der Waals surface area (Å²) in [6.07, 6.45) is 17.6. The Bertz CT molecular complexity index is 459. The molecule has 1 heterocycles. The Morgan fingerprint density at radius 2 is 1.95 bits per heavy atom. The molecule has 0 aromatic rings. The van der Waals surface area contributed by atoms with Crippen LogP contribution in [0.2, 0.25) is 18.1 Å². The van der Waals surface area contributed by atoms with E-state index < -0.39 is 31.0 Å². The van der Waals surface area contributed by atoms with Gasteiger partial charge in [-0.25, -0.2) is 0 Å². The summed E-state index contributed by atoms with van der Waals surface area (Å²) in [5.74, 6) is 0. The first-order valence-corrected chi connectivity index (χ1v) is 13.6. The Kier molecular flexibility index (Phi) is 7.76. The normalized spacial score (nSPS) is 21.8. The zero-order chi connectivity index (χ0) is 12.4. The summed E-state index contributed by atoms with van der Waals surface area (Å²) in [7, 11) is -0.927. The first kappa shape index (κ1) is 18.7. The summed E-state index contributed by atoms with van der Waals surface area (Å²) >= 11 is -0.674. The van der Waals surface area contributed by atoms with E-state index in [0.29, 0.717) is 0 Å². The van der Waals surface area contributed by atoms with E-state index in [1.54, 1.807) is 18.1 Å². The maximum absolute atomic E-state index is 2.53. The van der Waals surface area contributed by atoms with Crippen LogP contribution in [0.4, 0.5) is 0 Å². The topological polar surface area (TPSA) is 0 Å². The van der Waals surface area contributed by atoms with E-state index in [9.17, 15) is 0 Å². The molecule has 0 amide bonds. The van der Waals surface area contributed by atoms with Crippen molar-refractivity contribution in [2.75, 3.05) is 0 Å². The molecule has 0 unspecified atom stereocenters. The molecular formula is C16H22Cl2HfSi. The van der Waals surface area contributed by atoms with Crippen LogP contribution >= 0.6 is 0 Å². The number of hydrogen-bond acceptors (Lipinski definition) is 0. The molecule has 3 aliphatic rings. The summed E-state index contributed by atoms with van der Waals surface area (Å²) in [5.41, 5.74) is 0. The smallest absolute Gasteiger partial charge is 1.00 e. The zero-order valence-electron chi connectivity index (χ0n) is 12.1. The van der Waals surface area contributed by atoms with Crippen LogP contribution in [0.15, 0.2) is 42.2 Å². The third-order valence-corrected chi connectivity index (χ3v) is 16.5. The monoisotopic (exact) mass is 492 g/mol. The second-order valence-corrected chi connectivity index (χ2v) is 15.6. The van der Waals surface area contributed by atoms with Crippen molar-refractivity contribution in [3.8, 4) is 0 Å². The quantitative estimate of drug-likeness (QED) is 0.430. The van der Waals surface area contributed by atoms with E-state index in [4.69, 9.17) is 0 Å². The molecule has 4 heteroatoms. The zero-order valence-corrected chi connectivity index (χ0v) is 18.2. The number of hydrogen-bond donors (Lipinski definition) is 0. The average molecular weight is 492 g/mol. The van der Waals surface area contributed by atoms with Crippen molar-refractivity contribution in [3.05, 3.63) is 42.2 Å². The van der Waals surface area contributed by atoms with Crippen molar-refractivity contribution in [1.82, 2.24) is 0 Å². The molecule has 1 saturated heterocycles. The molecule has 0 saturated carbocycles. The number of rotatable bonds is 5. The van der Waals surface area contributed by atoms with Gasteiger partial charge in [-0.3, -0.25) is 0 Å². The van der Waals surface area contributed by atoms with Crippen LogP contribution in [-0.4, -0.2) is 8.07 Å². The summed E-state index contributed by atoms with van der Waals surface area (Å²) in [6.45, 7) is 2.39. The number of halogens is 2. The fourth-order valence-corrected chi connectivity index (χ4v) is 16.1. The summed E-state index contributed by atoms with van der Waals surface area (Å²) in [6, 6.07) is 4.80. The first-order chi connectivity index (χ1) is 8.84. The fourth-order valence-electron chi connectivity index (χ4n) is 3.62. The van der Waals surface area contributed by atoms with Crippen molar-refractivity contribution < 1.29 is 47.7 Å². The van der Waals surface area contributed by atoms with Crippen molar-refractivity contribution in [1.29, 1.82) is 0 Å². The van der Waals surface area contributed by atoms with Gasteiger partial charge in [0.05, 0.1) is 0 Å². The molecule has 3 rings (SSSR count). The molecule has 2 aliphatic carbocycles. The maximum atomic E-state index is 2.53. The van der Waals surface area contributed by atoms with Crippen molar-refractivity contribution >= 4 is 8.07 Å². The summed E-state index contributed by atoms with van der Waals surface area (Å²) in [4.78, 5) is 0. The van der Waals surface area contributed by atoms with Crippen molar-refractivity contribution in [2.24, 2.45) is 0 Å². The van der Waals surface area contributed by atoms with Crippen LogP contribution in [0.1, 0.15) is 32.6 Å². The molecular weight excluding hydrogens is 470 g/mol. The Balaban J connectivity index is 0.000001000. The van der Waals surface area contributed by atoms with Crippen LogP contribution in [0.3, 0.4) is 0 Å². The third kappa shape index (κ3) is 3.69. The van der Waals surface area contributed by atoms with Gasteiger partial charge in [-0.15, -0.1) is 0 Å². The molecule has 1 fully saturated rings. The van der Waals surface area contributed by atoms with Crippen LogP contribution in [-0.2, 0) is 22.9 Å². The van der Waals surface area contributed by atoms with Gasteiger partial charge >= 0.3 is 124 Å². The Morgan fingerprint density at radius 1 is 1.15 bits per heavy atom. The molecule has 0 atom stereocenters. The van der Waals surface area contributed by atoms with Crippen LogP contribution in [0.5, 0.6) is 0 Å². The van der Waals surface area contributed by atoms with Gasteiger partial charge in [0, 0.05) is 0 Å². The molecule has 0 N–H and O–H groups in total. The van der Waals surface area contributed by atoms with Gasteiger partial charge in [0.15, 0.2) is 0 Å². The Labute approximate surface area is 148 Å². The molecule has 0 aromatic heterocycles. The van der Waals surface area contributed by atoms with Crippen LogP contribution in [0, 0.1) is 0 Å². The van der Waals surface area contributed by atoms with E-state index in [0.717, 1.165) is 0 Å². The van der Waals surface area contributed by atoms with Crippen LogP contribution in [0.25, 0.3) is 0 Å². The van der Waals surface area contributed by atoms with E-state index in [-0.39, 0.29) is 24.8 Å². The molecule has 0 spiro atoms. The molecule has 0 radical (unpaired) electrons. The largest absolute Gasteiger partial charge is 1.00 e. The van der Waals surface area contributed by atoms with E-state index in [1.807, 2.05) is 11.9 Å². The van der Waals surface area contributed by atoms with Gasteiger partial charge in [0.1, 0.15) is 0 Å². The predicted molar refractivity (Wildman–Crippen MR) is 77.7 cm³/mol. The van der Waals surface area contributed by atoms with Gasteiger partial charge in [-0.05, 0) is 0 Å². The second-order valence-electron chi connectivity index (χ2n) is 5.83. The van der Waals surface area contributed by atoms with Gasteiger partial charge in [-0.1, -0.05) is 0 Å². The van der Waals surface area contributed by atoms with Gasteiger partial charge in [0.25, 0.3) is 0 Å². The molecule has 1 aliphatic heterocycles. The maximum Gasteiger partial charge on any atom is -1.00 e. The summed E-state index contributed by atoms with van der Waals surface area (Å²) < 4.78 is 3.72. The van der Waals surface area contributed by atoms with Crippen LogP contribution < -0.4 is 24.8 Å². The minimum Gasteiger partial charge on any atom is -1.00 e. The van der Waals surface area contributed by atoms with Gasteiger partial charge in [-0.2, -0.15) is 0 Å². The average Bonchev–Trinajstić information content (AvgIpc) is 2.96. The van der Waals surface area contributed by atoms with Gasteiger partial charge < -0.3 is 24.8 Å². The van der Waals surface area contributed by atoms with E-state index >= 15 is 0 Å². The third-order valence-electron chi connectivity index (χ3n) is 4.68. The van der Waals surface area contributed by atoms with E-state index in [1.165, 1.54) is 25.7 Å². The van der Waals surface area contributed by atoms with Crippen molar-refractivity contribution in [3.63, 3.8) is 0 Å². The first-order valence-electron chi connectivity index (χ1n) is 7.37.